The van der Waals surface area contributed by atoms with E-state index >= 15 is 0 Å². The van der Waals surface area contributed by atoms with Crippen molar-refractivity contribution in [2.75, 3.05) is 0 Å². The molecule has 0 N–H and O–H groups in total. The molecule has 0 saturated carbocycles. The Kier molecular flexibility index (Phi) is 9.05. The topological polar surface area (TPSA) is 36.9 Å². The van der Waals surface area contributed by atoms with Gasteiger partial charge in [0.2, 0.25) is 0 Å². The van der Waals surface area contributed by atoms with E-state index < -0.39 is 36.6 Å². The van der Waals surface area contributed by atoms with Crippen LogP contribution in [0.15, 0.2) is 130 Å². The third-order valence-electron chi connectivity index (χ3n) is 12.7. The minimum absolute atomic E-state index is 0.406. The van der Waals surface area contributed by atoms with Crippen LogP contribution in [0.5, 0.6) is 0 Å². The van der Waals surface area contributed by atoms with E-state index in [1.807, 2.05) is 0 Å². The van der Waals surface area contributed by atoms with Gasteiger partial charge in [-0.1, -0.05) is 141 Å². The van der Waals surface area contributed by atoms with E-state index in [0.29, 0.717) is 0 Å². The summed E-state index contributed by atoms with van der Waals surface area (Å²) in [6.07, 6.45) is 0. The van der Waals surface area contributed by atoms with Crippen LogP contribution in [-0.2, 0) is 18.6 Å². The molecule has 2 saturated heterocycles. The van der Waals surface area contributed by atoms with E-state index in [0.717, 1.165) is 30.6 Å². The maximum atomic E-state index is 6.51. The highest BCUT2D eigenvalue weighted by Gasteiger charge is 2.53. The number of hydrogen-bond acceptors (Lipinski definition) is 4. The summed E-state index contributed by atoms with van der Waals surface area (Å²) in [5.41, 5.74) is 0.496. The van der Waals surface area contributed by atoms with Gasteiger partial charge in [0, 0.05) is 8.95 Å². The highest BCUT2D eigenvalue weighted by atomic mass is 79.9. The number of hydrogen-bond donors (Lipinski definition) is 0. The molecule has 0 aromatic heterocycles. The fourth-order valence-electron chi connectivity index (χ4n) is 8.20. The summed E-state index contributed by atoms with van der Waals surface area (Å²) >= 11 is 7.42. The van der Waals surface area contributed by atoms with Crippen LogP contribution in [0.2, 0.25) is 0 Å². The molecule has 2 aliphatic rings. The van der Waals surface area contributed by atoms with Gasteiger partial charge < -0.3 is 18.6 Å². The summed E-state index contributed by atoms with van der Waals surface area (Å²) in [5, 5.41) is 14.6. The maximum absolute atomic E-state index is 6.51. The highest BCUT2D eigenvalue weighted by Crippen LogP contribution is 2.41. The van der Waals surface area contributed by atoms with Gasteiger partial charge in [-0.15, -0.1) is 0 Å². The van der Waals surface area contributed by atoms with Crippen molar-refractivity contribution in [1.82, 2.24) is 0 Å². The zero-order valence-electron chi connectivity index (χ0n) is 33.1. The van der Waals surface area contributed by atoms with Gasteiger partial charge in [-0.05, 0) is 143 Å². The molecule has 8 aromatic rings. The van der Waals surface area contributed by atoms with Crippen LogP contribution in [0.1, 0.15) is 55.4 Å². The molecule has 8 aromatic carbocycles. The lowest BCUT2D eigenvalue weighted by atomic mass is 9.71. The monoisotopic (exact) mass is 864 g/mol. The standard InChI is InChI=1S/C30H34B2O4.C18H10Br2/c1-27(2)28(3,4)34-31(33-27)25-17-23-20-14-10-12-16-22(20)26(32-35-29(5,6)30(7,8)36-32)18-24(23)19-13-9-11-15-21(19)25;19-17-10-16-12-6-2-4-8-14(12)18(20)9-15(16)11-5-1-3-7-13(11)17/h9-18H,1-8H3;1-10H. The molecule has 2 fully saturated rings. The first kappa shape index (κ1) is 37.8. The van der Waals surface area contributed by atoms with Crippen LogP contribution in [0.4, 0.5) is 0 Å². The fraction of sp³-hybridized carbons (Fsp3) is 0.250. The minimum atomic E-state index is -0.439. The van der Waals surface area contributed by atoms with Crippen molar-refractivity contribution in [1.29, 1.82) is 0 Å². The van der Waals surface area contributed by atoms with Crippen molar-refractivity contribution < 1.29 is 18.6 Å². The van der Waals surface area contributed by atoms with E-state index in [-0.39, 0.29) is 0 Å². The molecular weight excluding hydrogens is 822 g/mol. The molecule has 0 spiro atoms. The summed E-state index contributed by atoms with van der Waals surface area (Å²) in [5.74, 6) is 0. The zero-order valence-corrected chi connectivity index (χ0v) is 36.3. The summed E-state index contributed by atoms with van der Waals surface area (Å²) in [6, 6.07) is 43.1. The van der Waals surface area contributed by atoms with Crippen LogP contribution >= 0.6 is 31.9 Å². The molecule has 280 valence electrons. The summed E-state index contributed by atoms with van der Waals surface area (Å²) in [6.45, 7) is 16.8. The van der Waals surface area contributed by atoms with Crippen molar-refractivity contribution in [3.63, 3.8) is 0 Å². The van der Waals surface area contributed by atoms with Crippen molar-refractivity contribution in [3.8, 4) is 0 Å². The van der Waals surface area contributed by atoms with Gasteiger partial charge >= 0.3 is 14.2 Å². The molecule has 56 heavy (non-hydrogen) atoms. The predicted molar refractivity (Wildman–Crippen MR) is 245 cm³/mol. The second kappa shape index (κ2) is 13.4. The molecule has 0 unspecified atom stereocenters. The second-order valence-electron chi connectivity index (χ2n) is 17.2. The van der Waals surface area contributed by atoms with Crippen molar-refractivity contribution >= 4 is 122 Å². The average molecular weight is 866 g/mol. The highest BCUT2D eigenvalue weighted by molar-refractivity contribution is 9.11. The largest absolute Gasteiger partial charge is 0.495 e. The van der Waals surface area contributed by atoms with Gasteiger partial charge in [0.1, 0.15) is 0 Å². The second-order valence-corrected chi connectivity index (χ2v) is 18.9. The molecule has 4 nitrogen and oxygen atoms in total. The Bertz CT molecular complexity index is 2660. The Morgan fingerprint density at radius 3 is 0.857 bits per heavy atom. The summed E-state index contributed by atoms with van der Waals surface area (Å²) in [7, 11) is -0.878. The van der Waals surface area contributed by atoms with Gasteiger partial charge in [-0.25, -0.2) is 0 Å². The first-order valence-corrected chi connectivity index (χ1v) is 20.9. The van der Waals surface area contributed by atoms with E-state index in [9.17, 15) is 0 Å². The van der Waals surface area contributed by atoms with Crippen LogP contribution < -0.4 is 10.9 Å². The smallest absolute Gasteiger partial charge is 0.399 e. The molecule has 0 atom stereocenters. The first-order valence-electron chi connectivity index (χ1n) is 19.3. The Balaban J connectivity index is 0.000000172. The quantitative estimate of drug-likeness (QED) is 0.128. The van der Waals surface area contributed by atoms with Crippen LogP contribution in [-0.4, -0.2) is 36.6 Å². The average Bonchev–Trinajstić information content (AvgIpc) is 3.54. The van der Waals surface area contributed by atoms with Crippen LogP contribution in [0.3, 0.4) is 0 Å². The number of fused-ring (bicyclic) bond motifs is 10. The zero-order chi connectivity index (χ0) is 39.4. The van der Waals surface area contributed by atoms with Gasteiger partial charge in [0.25, 0.3) is 0 Å². The number of rotatable bonds is 2. The lowest BCUT2D eigenvalue weighted by Crippen LogP contribution is -2.41. The van der Waals surface area contributed by atoms with Crippen molar-refractivity contribution in [3.05, 3.63) is 130 Å². The lowest BCUT2D eigenvalue weighted by molar-refractivity contribution is 0.00578. The Hall–Kier alpha value is -3.75. The molecule has 2 heterocycles. The third-order valence-corrected chi connectivity index (χ3v) is 14.1. The van der Waals surface area contributed by atoms with E-state index in [4.69, 9.17) is 18.6 Å². The van der Waals surface area contributed by atoms with E-state index in [1.165, 1.54) is 53.9 Å². The molecule has 10 rings (SSSR count). The van der Waals surface area contributed by atoms with Crippen molar-refractivity contribution in [2.24, 2.45) is 0 Å². The van der Waals surface area contributed by atoms with Gasteiger partial charge in [-0.2, -0.15) is 0 Å². The van der Waals surface area contributed by atoms with Crippen LogP contribution in [0.25, 0.3) is 64.6 Å². The molecule has 0 amide bonds. The molecule has 2 aliphatic heterocycles. The molecule has 0 radical (unpaired) electrons. The predicted octanol–water partition coefficient (Wildman–Crippen LogP) is 12.4. The van der Waals surface area contributed by atoms with Crippen LogP contribution in [0, 0.1) is 0 Å². The first-order chi connectivity index (χ1) is 26.6. The lowest BCUT2D eigenvalue weighted by Gasteiger charge is -2.32. The molecule has 8 heteroatoms. The third kappa shape index (κ3) is 6.02. The van der Waals surface area contributed by atoms with Crippen molar-refractivity contribution in [2.45, 2.75) is 77.8 Å². The van der Waals surface area contributed by atoms with Gasteiger partial charge in [0.15, 0.2) is 0 Å². The molecule has 0 aliphatic carbocycles. The van der Waals surface area contributed by atoms with Gasteiger partial charge in [0.05, 0.1) is 22.4 Å². The molecule has 0 bridgehead atoms. The fourth-order valence-corrected chi connectivity index (χ4v) is 9.35. The molecular formula is C48H44B2Br2O4. The summed E-state index contributed by atoms with van der Waals surface area (Å²) < 4.78 is 28.3. The minimum Gasteiger partial charge on any atom is -0.399 e. The maximum Gasteiger partial charge on any atom is 0.495 e. The summed E-state index contributed by atoms with van der Waals surface area (Å²) in [4.78, 5) is 0. The Labute approximate surface area is 346 Å². The number of halogens is 2. The van der Waals surface area contributed by atoms with E-state index in [2.05, 4.69) is 209 Å². The Morgan fingerprint density at radius 2 is 0.554 bits per heavy atom. The van der Waals surface area contributed by atoms with Gasteiger partial charge in [-0.3, -0.25) is 0 Å². The number of benzene rings is 8. The van der Waals surface area contributed by atoms with E-state index in [1.54, 1.807) is 0 Å². The Morgan fingerprint density at radius 1 is 0.321 bits per heavy atom. The SMILES string of the molecule is Brc1cc2c3ccccc3c(Br)cc2c2ccccc12.CC1(C)OB(c2cc3c4ccccc4c(B4OC(C)(C)C(C)(C)O4)cc3c3ccccc23)OC1(C)C. The normalized spacial score (nSPS) is 18.4.